The largest absolute Gasteiger partial charge is 0.504 e. The molecule has 2 unspecified atom stereocenters. The Morgan fingerprint density at radius 2 is 1.84 bits per heavy atom. The lowest BCUT2D eigenvalue weighted by Crippen LogP contribution is -2.32. The van der Waals surface area contributed by atoms with E-state index >= 15 is 0 Å². The lowest BCUT2D eigenvalue weighted by atomic mass is 10.0. The zero-order chi connectivity index (χ0) is 14.6. The van der Waals surface area contributed by atoms with Crippen molar-refractivity contribution in [3.8, 4) is 11.5 Å². The van der Waals surface area contributed by atoms with Crippen LogP contribution in [0.25, 0.3) is 0 Å². The predicted molar refractivity (Wildman–Crippen MR) is 79.8 cm³/mol. The molecule has 1 aromatic rings. The van der Waals surface area contributed by atoms with Crippen LogP contribution >= 0.6 is 0 Å². The van der Waals surface area contributed by atoms with Gasteiger partial charge in [-0.2, -0.15) is 0 Å². The molecule has 0 saturated heterocycles. The van der Waals surface area contributed by atoms with Crippen LogP contribution in [0.4, 0.5) is 0 Å². The molecule has 1 N–H and O–H groups in total. The number of phenols is 1. The van der Waals surface area contributed by atoms with Crippen molar-refractivity contribution in [2.24, 2.45) is 5.92 Å². The Morgan fingerprint density at radius 1 is 1.21 bits per heavy atom. The second-order valence-corrected chi connectivity index (χ2v) is 5.75. The number of hydrogen-bond acceptors (Lipinski definition) is 3. The number of rotatable bonds is 6. The topological polar surface area (TPSA) is 32.7 Å². The molecule has 0 aliphatic rings. The predicted octanol–water partition coefficient (Wildman–Crippen LogP) is 3.83. The monoisotopic (exact) mass is 265 g/mol. The summed E-state index contributed by atoms with van der Waals surface area (Å²) >= 11 is 0. The van der Waals surface area contributed by atoms with Gasteiger partial charge in [0.15, 0.2) is 11.5 Å². The van der Waals surface area contributed by atoms with Gasteiger partial charge in [-0.25, -0.2) is 0 Å². The number of aromatic hydroxyl groups is 1. The van der Waals surface area contributed by atoms with E-state index in [2.05, 4.69) is 39.6 Å². The summed E-state index contributed by atoms with van der Waals surface area (Å²) in [6.07, 6.45) is 1.18. The second-order valence-electron chi connectivity index (χ2n) is 5.75. The normalized spacial score (nSPS) is 14.7. The van der Waals surface area contributed by atoms with E-state index in [-0.39, 0.29) is 5.75 Å². The molecule has 1 aromatic carbocycles. The third-order valence-electron chi connectivity index (χ3n) is 3.80. The molecule has 0 saturated carbocycles. The van der Waals surface area contributed by atoms with Crippen molar-refractivity contribution in [3.05, 3.63) is 23.8 Å². The number of hydrogen-bond donors (Lipinski definition) is 1. The summed E-state index contributed by atoms with van der Waals surface area (Å²) < 4.78 is 5.17. The molecular formula is C16H27NO2. The fraction of sp³-hybridized carbons (Fsp3) is 0.625. The summed E-state index contributed by atoms with van der Waals surface area (Å²) in [5.74, 6) is 1.42. The van der Waals surface area contributed by atoms with Gasteiger partial charge in [0.05, 0.1) is 7.11 Å². The molecule has 1 rings (SSSR count). The Balaban J connectivity index is 2.84. The first kappa shape index (κ1) is 15.8. The van der Waals surface area contributed by atoms with Crippen LogP contribution in [0.1, 0.15) is 45.7 Å². The third-order valence-corrected chi connectivity index (χ3v) is 3.80. The van der Waals surface area contributed by atoms with Crippen LogP contribution in [0.5, 0.6) is 11.5 Å². The highest BCUT2D eigenvalue weighted by atomic mass is 16.5. The first-order valence-electron chi connectivity index (χ1n) is 6.95. The molecule has 0 aliphatic heterocycles. The van der Waals surface area contributed by atoms with Gasteiger partial charge in [-0.3, -0.25) is 4.90 Å². The number of ether oxygens (including phenoxy) is 1. The number of phenolic OH excluding ortho intramolecular Hbond substituents is 1. The van der Waals surface area contributed by atoms with Crippen LogP contribution in [0.3, 0.4) is 0 Å². The van der Waals surface area contributed by atoms with Crippen molar-refractivity contribution in [2.45, 2.75) is 46.2 Å². The van der Waals surface area contributed by atoms with Crippen LogP contribution < -0.4 is 4.74 Å². The van der Waals surface area contributed by atoms with Gasteiger partial charge >= 0.3 is 0 Å². The van der Waals surface area contributed by atoms with Crippen molar-refractivity contribution >= 4 is 0 Å². The van der Waals surface area contributed by atoms with Crippen molar-refractivity contribution in [3.63, 3.8) is 0 Å². The zero-order valence-corrected chi connectivity index (χ0v) is 13.0. The van der Waals surface area contributed by atoms with Crippen molar-refractivity contribution in [1.82, 2.24) is 4.90 Å². The van der Waals surface area contributed by atoms with Crippen molar-refractivity contribution < 1.29 is 9.84 Å². The Hall–Kier alpha value is -1.22. The Bertz CT molecular complexity index is 404. The number of methoxy groups -OCH3 is 1. The SMILES string of the molecule is COc1cc(C(C)N(C)C(C)CC(C)C)ccc1O. The van der Waals surface area contributed by atoms with Crippen molar-refractivity contribution in [2.75, 3.05) is 14.2 Å². The van der Waals surface area contributed by atoms with E-state index in [4.69, 9.17) is 4.74 Å². The fourth-order valence-electron chi connectivity index (χ4n) is 2.42. The summed E-state index contributed by atoms with van der Waals surface area (Å²) in [4.78, 5) is 2.37. The van der Waals surface area contributed by atoms with E-state index in [1.807, 2.05) is 12.1 Å². The molecule has 0 spiro atoms. The molecule has 0 amide bonds. The molecule has 19 heavy (non-hydrogen) atoms. The average Bonchev–Trinajstić information content (AvgIpc) is 2.36. The maximum Gasteiger partial charge on any atom is 0.160 e. The van der Waals surface area contributed by atoms with Crippen LogP contribution in [-0.2, 0) is 0 Å². The second kappa shape index (κ2) is 6.80. The zero-order valence-electron chi connectivity index (χ0n) is 13.0. The molecule has 0 heterocycles. The summed E-state index contributed by atoms with van der Waals surface area (Å²) in [5, 5.41) is 9.64. The van der Waals surface area contributed by atoms with Gasteiger partial charge in [0.1, 0.15) is 0 Å². The van der Waals surface area contributed by atoms with Gasteiger partial charge in [0, 0.05) is 12.1 Å². The Labute approximate surface area is 117 Å². The van der Waals surface area contributed by atoms with Crippen LogP contribution in [-0.4, -0.2) is 30.2 Å². The molecule has 0 radical (unpaired) electrons. The number of benzene rings is 1. The first-order chi connectivity index (χ1) is 8.86. The summed E-state index contributed by atoms with van der Waals surface area (Å²) in [7, 11) is 3.73. The smallest absolute Gasteiger partial charge is 0.160 e. The van der Waals surface area contributed by atoms with Crippen LogP contribution in [0.2, 0.25) is 0 Å². The molecule has 0 bridgehead atoms. The van der Waals surface area contributed by atoms with Gasteiger partial charge in [-0.15, -0.1) is 0 Å². The Morgan fingerprint density at radius 3 is 2.37 bits per heavy atom. The Kier molecular flexibility index (Phi) is 5.67. The minimum Gasteiger partial charge on any atom is -0.504 e. The van der Waals surface area contributed by atoms with Crippen molar-refractivity contribution in [1.29, 1.82) is 0 Å². The minimum absolute atomic E-state index is 0.191. The maximum atomic E-state index is 9.64. The van der Waals surface area contributed by atoms with Gasteiger partial charge in [-0.1, -0.05) is 19.9 Å². The molecule has 2 atom stereocenters. The average molecular weight is 265 g/mol. The molecule has 3 nitrogen and oxygen atoms in total. The van der Waals surface area contributed by atoms with E-state index in [0.29, 0.717) is 23.8 Å². The lowest BCUT2D eigenvalue weighted by Gasteiger charge is -2.32. The highest BCUT2D eigenvalue weighted by Gasteiger charge is 2.19. The van der Waals surface area contributed by atoms with Gasteiger partial charge in [0.2, 0.25) is 0 Å². The molecule has 0 aromatic heterocycles. The van der Waals surface area contributed by atoms with Crippen LogP contribution in [0.15, 0.2) is 18.2 Å². The van der Waals surface area contributed by atoms with E-state index in [1.54, 1.807) is 13.2 Å². The maximum absolute atomic E-state index is 9.64. The molecule has 108 valence electrons. The molecular weight excluding hydrogens is 238 g/mol. The van der Waals surface area contributed by atoms with Gasteiger partial charge < -0.3 is 9.84 Å². The highest BCUT2D eigenvalue weighted by molar-refractivity contribution is 5.42. The quantitative estimate of drug-likeness (QED) is 0.848. The summed E-state index contributed by atoms with van der Waals surface area (Å²) in [5.41, 5.74) is 1.16. The standard InChI is InChI=1S/C16H27NO2/c1-11(2)9-12(3)17(5)13(4)14-7-8-15(18)16(10-14)19-6/h7-8,10-13,18H,9H2,1-6H3. The third kappa shape index (κ3) is 4.13. The lowest BCUT2D eigenvalue weighted by molar-refractivity contribution is 0.175. The van der Waals surface area contributed by atoms with E-state index in [0.717, 1.165) is 5.56 Å². The molecule has 3 heteroatoms. The van der Waals surface area contributed by atoms with E-state index in [9.17, 15) is 5.11 Å². The summed E-state index contributed by atoms with van der Waals surface area (Å²) in [6.45, 7) is 8.94. The van der Waals surface area contributed by atoms with Gasteiger partial charge in [-0.05, 0) is 50.9 Å². The summed E-state index contributed by atoms with van der Waals surface area (Å²) in [6, 6.07) is 6.39. The van der Waals surface area contributed by atoms with E-state index in [1.165, 1.54) is 6.42 Å². The molecule has 0 aliphatic carbocycles. The highest BCUT2D eigenvalue weighted by Crippen LogP contribution is 2.31. The van der Waals surface area contributed by atoms with E-state index < -0.39 is 0 Å². The number of nitrogens with zero attached hydrogens (tertiary/aromatic N) is 1. The van der Waals surface area contributed by atoms with Gasteiger partial charge in [0.25, 0.3) is 0 Å². The fourth-order valence-corrected chi connectivity index (χ4v) is 2.42. The van der Waals surface area contributed by atoms with Crippen LogP contribution in [0, 0.1) is 5.92 Å². The molecule has 0 fully saturated rings. The first-order valence-corrected chi connectivity index (χ1v) is 6.95. The minimum atomic E-state index is 0.191.